The lowest BCUT2D eigenvalue weighted by molar-refractivity contribution is 0.0547. The Balaban J connectivity index is 2.46. The molecule has 1 aromatic carbocycles. The summed E-state index contributed by atoms with van der Waals surface area (Å²) in [6.45, 7) is 7.93. The van der Waals surface area contributed by atoms with Crippen molar-refractivity contribution in [2.24, 2.45) is 0 Å². The highest BCUT2D eigenvalue weighted by atomic mass is 16.6. The third-order valence-corrected chi connectivity index (χ3v) is 3.41. The van der Waals surface area contributed by atoms with Crippen molar-refractivity contribution in [2.75, 3.05) is 6.61 Å². The molecule has 0 fully saturated rings. The lowest BCUT2D eigenvalue weighted by atomic mass is 9.86. The van der Waals surface area contributed by atoms with Crippen molar-refractivity contribution in [1.29, 1.82) is 0 Å². The van der Waals surface area contributed by atoms with Crippen LogP contribution in [0.4, 0.5) is 4.79 Å². The maximum Gasteiger partial charge on any atom is 0.506 e. The molecule has 2 N–H and O–H groups in total. The van der Waals surface area contributed by atoms with Gasteiger partial charge in [-0.25, -0.2) is 4.79 Å². The Bertz CT molecular complexity index is 718. The molecule has 2 aromatic rings. The first-order valence-corrected chi connectivity index (χ1v) is 8.10. The van der Waals surface area contributed by atoms with Crippen LogP contribution in [0.1, 0.15) is 40.5 Å². The molecule has 0 aliphatic carbocycles. The molecule has 0 saturated heterocycles. The average molecular weight is 333 g/mol. The van der Waals surface area contributed by atoms with Gasteiger partial charge in [0.1, 0.15) is 11.4 Å². The van der Waals surface area contributed by atoms with Crippen LogP contribution in [0.2, 0.25) is 0 Å². The number of aromatic nitrogens is 1. The Morgan fingerprint density at radius 3 is 2.54 bits per heavy atom. The number of nitrogens with zero attached hydrogens (tertiary/aromatic N) is 1. The molecular formula is C17H24BNO5. The van der Waals surface area contributed by atoms with Gasteiger partial charge in [0.05, 0.1) is 17.7 Å². The molecule has 0 aliphatic rings. The molecule has 0 atom stereocenters. The van der Waals surface area contributed by atoms with Gasteiger partial charge in [0.25, 0.3) is 0 Å². The third kappa shape index (κ3) is 4.30. The second-order valence-electron chi connectivity index (χ2n) is 6.68. The van der Waals surface area contributed by atoms with Gasteiger partial charge >= 0.3 is 13.2 Å². The molecule has 7 heteroatoms. The number of hydrogen-bond donors (Lipinski definition) is 2. The molecule has 130 valence electrons. The summed E-state index contributed by atoms with van der Waals surface area (Å²) >= 11 is 0. The average Bonchev–Trinajstić information content (AvgIpc) is 2.84. The van der Waals surface area contributed by atoms with Crippen LogP contribution < -0.4 is 10.3 Å². The predicted molar refractivity (Wildman–Crippen MR) is 93.8 cm³/mol. The molecule has 0 amide bonds. The number of fused-ring (bicyclic) bond motifs is 1. The number of carbonyl (C=O) groups excluding carboxylic acids is 1. The number of unbranched alkanes of at least 4 members (excludes halogenated alkanes) is 1. The van der Waals surface area contributed by atoms with Gasteiger partial charge in [0.2, 0.25) is 0 Å². The van der Waals surface area contributed by atoms with Gasteiger partial charge in [-0.2, -0.15) is 0 Å². The predicted octanol–water partition coefficient (Wildman–Crippen LogP) is 2.28. The Labute approximate surface area is 142 Å². The largest absolute Gasteiger partial charge is 0.506 e. The maximum absolute atomic E-state index is 12.5. The van der Waals surface area contributed by atoms with E-state index in [1.54, 1.807) is 45.0 Å². The highest BCUT2D eigenvalue weighted by Crippen LogP contribution is 2.23. The van der Waals surface area contributed by atoms with Crippen molar-refractivity contribution in [3.05, 3.63) is 24.3 Å². The minimum absolute atomic E-state index is 0.0601. The van der Waals surface area contributed by atoms with E-state index in [-0.39, 0.29) is 5.59 Å². The van der Waals surface area contributed by atoms with Gasteiger partial charge < -0.3 is 19.5 Å². The summed E-state index contributed by atoms with van der Waals surface area (Å²) in [6.07, 6.45) is 1.30. The van der Waals surface area contributed by atoms with Gasteiger partial charge in [-0.3, -0.25) is 4.57 Å². The summed E-state index contributed by atoms with van der Waals surface area (Å²) in [5, 5.41) is 19.9. The second-order valence-corrected chi connectivity index (χ2v) is 6.68. The van der Waals surface area contributed by atoms with Gasteiger partial charge in [0.15, 0.2) is 0 Å². The van der Waals surface area contributed by atoms with Gasteiger partial charge in [-0.15, -0.1) is 0 Å². The SMILES string of the molecule is CCCCOc1ccc2cc(B(O)O)n(C(=O)OC(C)(C)C)c2c1. The van der Waals surface area contributed by atoms with Crippen LogP contribution in [0.5, 0.6) is 5.75 Å². The fourth-order valence-corrected chi connectivity index (χ4v) is 2.33. The lowest BCUT2D eigenvalue weighted by Crippen LogP contribution is -2.41. The summed E-state index contributed by atoms with van der Waals surface area (Å²) in [7, 11) is -1.78. The van der Waals surface area contributed by atoms with Crippen LogP contribution in [-0.2, 0) is 4.74 Å². The van der Waals surface area contributed by atoms with Crippen molar-refractivity contribution < 1.29 is 24.3 Å². The van der Waals surface area contributed by atoms with Crippen molar-refractivity contribution in [1.82, 2.24) is 4.57 Å². The molecule has 0 bridgehead atoms. The molecule has 6 nitrogen and oxygen atoms in total. The molecule has 1 aromatic heterocycles. The Morgan fingerprint density at radius 2 is 1.96 bits per heavy atom. The van der Waals surface area contributed by atoms with E-state index in [2.05, 4.69) is 6.92 Å². The topological polar surface area (TPSA) is 80.9 Å². The smallest absolute Gasteiger partial charge is 0.494 e. The Hall–Kier alpha value is -1.99. The first kappa shape index (κ1) is 18.4. The first-order chi connectivity index (χ1) is 11.2. The number of carbonyl (C=O) groups is 1. The van der Waals surface area contributed by atoms with E-state index < -0.39 is 18.8 Å². The summed E-state index contributed by atoms with van der Waals surface area (Å²) in [4.78, 5) is 12.5. The zero-order chi connectivity index (χ0) is 17.9. The molecule has 0 radical (unpaired) electrons. The zero-order valence-corrected chi connectivity index (χ0v) is 14.6. The number of ether oxygens (including phenoxy) is 2. The number of benzene rings is 1. The molecular weight excluding hydrogens is 309 g/mol. The summed E-state index contributed by atoms with van der Waals surface area (Å²) in [5.41, 5.74) is -0.119. The molecule has 2 rings (SSSR count). The van der Waals surface area contributed by atoms with Gasteiger partial charge in [-0.1, -0.05) is 13.3 Å². The van der Waals surface area contributed by atoms with E-state index in [0.717, 1.165) is 12.8 Å². The molecule has 24 heavy (non-hydrogen) atoms. The maximum atomic E-state index is 12.5. The molecule has 0 spiro atoms. The van der Waals surface area contributed by atoms with E-state index in [1.165, 1.54) is 4.57 Å². The van der Waals surface area contributed by atoms with E-state index in [0.29, 0.717) is 23.3 Å². The van der Waals surface area contributed by atoms with Crippen LogP contribution in [0.3, 0.4) is 0 Å². The highest BCUT2D eigenvalue weighted by molar-refractivity contribution is 6.59. The van der Waals surface area contributed by atoms with Crippen molar-refractivity contribution in [3.63, 3.8) is 0 Å². The van der Waals surface area contributed by atoms with E-state index in [1.807, 2.05) is 0 Å². The van der Waals surface area contributed by atoms with Crippen molar-refractivity contribution >= 4 is 29.7 Å². The summed E-state index contributed by atoms with van der Waals surface area (Å²) in [6, 6.07) is 6.84. The van der Waals surface area contributed by atoms with Crippen LogP contribution in [-0.4, -0.2) is 40.0 Å². The van der Waals surface area contributed by atoms with Crippen molar-refractivity contribution in [3.8, 4) is 5.75 Å². The van der Waals surface area contributed by atoms with Crippen LogP contribution in [0.15, 0.2) is 24.3 Å². The Kier molecular flexibility index (Phi) is 5.56. The van der Waals surface area contributed by atoms with E-state index in [4.69, 9.17) is 9.47 Å². The van der Waals surface area contributed by atoms with Gasteiger partial charge in [-0.05, 0) is 45.4 Å². The van der Waals surface area contributed by atoms with Gasteiger partial charge in [0, 0.05) is 11.5 Å². The monoisotopic (exact) mass is 333 g/mol. The lowest BCUT2D eigenvalue weighted by Gasteiger charge is -2.21. The summed E-state index contributed by atoms with van der Waals surface area (Å²) in [5.74, 6) is 0.623. The van der Waals surface area contributed by atoms with Crippen LogP contribution >= 0.6 is 0 Å². The minimum Gasteiger partial charge on any atom is -0.494 e. The fraction of sp³-hybridized carbons (Fsp3) is 0.471. The highest BCUT2D eigenvalue weighted by Gasteiger charge is 2.27. The summed E-state index contributed by atoms with van der Waals surface area (Å²) < 4.78 is 12.2. The second kappa shape index (κ2) is 7.28. The molecule has 0 unspecified atom stereocenters. The fourth-order valence-electron chi connectivity index (χ4n) is 2.33. The standard InChI is InChI=1S/C17H24BNO5/c1-5-6-9-23-13-8-7-12-10-15(18(21)22)19(14(12)11-13)16(20)24-17(2,3)4/h7-8,10-11,21-22H,5-6,9H2,1-4H3. The molecule has 0 saturated carbocycles. The van der Waals surface area contributed by atoms with Crippen LogP contribution in [0, 0.1) is 0 Å². The van der Waals surface area contributed by atoms with E-state index in [9.17, 15) is 14.8 Å². The van der Waals surface area contributed by atoms with Crippen LogP contribution in [0.25, 0.3) is 10.9 Å². The minimum atomic E-state index is -1.78. The number of rotatable bonds is 5. The van der Waals surface area contributed by atoms with E-state index >= 15 is 0 Å². The third-order valence-electron chi connectivity index (χ3n) is 3.41. The molecule has 0 aliphatic heterocycles. The zero-order valence-electron chi connectivity index (χ0n) is 14.6. The van der Waals surface area contributed by atoms with Crippen molar-refractivity contribution in [2.45, 2.75) is 46.1 Å². The Morgan fingerprint density at radius 1 is 1.25 bits per heavy atom. The normalized spacial score (nSPS) is 11.6. The number of hydrogen-bond acceptors (Lipinski definition) is 5. The quantitative estimate of drug-likeness (QED) is 0.648. The molecule has 1 heterocycles. The first-order valence-electron chi connectivity index (χ1n) is 8.10.